The maximum Gasteiger partial charge on any atom is 0.226 e. The third kappa shape index (κ3) is 3.67. The molecule has 3 aromatic carbocycles. The van der Waals surface area contributed by atoms with Gasteiger partial charge < -0.3 is 5.32 Å². The smallest absolute Gasteiger partial charge is 0.226 e. The van der Waals surface area contributed by atoms with Gasteiger partial charge in [0.25, 0.3) is 0 Å². The lowest BCUT2D eigenvalue weighted by atomic mass is 10.1. The van der Waals surface area contributed by atoms with Crippen molar-refractivity contribution < 1.29 is 4.79 Å². The maximum absolute atomic E-state index is 12.2. The molecule has 0 unspecified atom stereocenters. The molecule has 1 aromatic heterocycles. The summed E-state index contributed by atoms with van der Waals surface area (Å²) in [4.78, 5) is 18.0. The van der Waals surface area contributed by atoms with Gasteiger partial charge in [-0.2, -0.15) is 0 Å². The number of carbonyl (C=O) groups excluding carboxylic acids is 1. The highest BCUT2D eigenvalue weighted by Gasteiger charge is 2.10. The predicted molar refractivity (Wildman–Crippen MR) is 108 cm³/mol. The number of nitrogens with one attached hydrogen (secondary N) is 1. The summed E-state index contributed by atoms with van der Waals surface area (Å²) in [5, 5.41) is 5.89. The number of thioether (sulfide) groups is 1. The van der Waals surface area contributed by atoms with Crippen molar-refractivity contribution in [3.63, 3.8) is 0 Å². The summed E-state index contributed by atoms with van der Waals surface area (Å²) in [5.74, 6) is 0.760. The summed E-state index contributed by atoms with van der Waals surface area (Å²) >= 11 is 3.21. The molecule has 0 radical (unpaired) electrons. The van der Waals surface area contributed by atoms with Gasteiger partial charge >= 0.3 is 0 Å². The molecule has 0 aliphatic heterocycles. The predicted octanol–water partition coefficient (Wildman–Crippen LogP) is 5.57. The van der Waals surface area contributed by atoms with E-state index in [0.717, 1.165) is 26.7 Å². The molecule has 0 saturated carbocycles. The van der Waals surface area contributed by atoms with Crippen LogP contribution in [-0.2, 0) is 4.79 Å². The van der Waals surface area contributed by atoms with E-state index in [1.54, 1.807) is 11.8 Å². The first-order valence-corrected chi connectivity index (χ1v) is 9.86. The molecule has 0 fully saturated rings. The van der Waals surface area contributed by atoms with Crippen molar-refractivity contribution in [3.8, 4) is 0 Å². The lowest BCUT2D eigenvalue weighted by molar-refractivity contribution is -0.115. The van der Waals surface area contributed by atoms with E-state index in [4.69, 9.17) is 0 Å². The number of hydrogen-bond donors (Lipinski definition) is 1. The van der Waals surface area contributed by atoms with E-state index in [1.165, 1.54) is 16.2 Å². The molecular formula is C20H16N2OS2. The summed E-state index contributed by atoms with van der Waals surface area (Å²) in [5.41, 5.74) is 0.956. The van der Waals surface area contributed by atoms with Crippen molar-refractivity contribution in [2.75, 3.05) is 11.1 Å². The molecule has 3 nitrogen and oxygen atoms in total. The Labute approximate surface area is 154 Å². The second-order valence-electron chi connectivity index (χ2n) is 5.61. The molecule has 25 heavy (non-hydrogen) atoms. The van der Waals surface area contributed by atoms with Crippen LogP contribution in [0.1, 0.15) is 6.42 Å². The fourth-order valence-electron chi connectivity index (χ4n) is 2.67. The quantitative estimate of drug-likeness (QED) is 0.471. The van der Waals surface area contributed by atoms with Crippen molar-refractivity contribution in [1.29, 1.82) is 0 Å². The number of hydrogen-bond acceptors (Lipinski definition) is 4. The molecule has 0 spiro atoms. The van der Waals surface area contributed by atoms with Gasteiger partial charge in [-0.05, 0) is 23.6 Å². The summed E-state index contributed by atoms with van der Waals surface area (Å²) in [6, 6.07) is 22.5. The van der Waals surface area contributed by atoms with E-state index in [9.17, 15) is 4.79 Å². The summed E-state index contributed by atoms with van der Waals surface area (Å²) < 4.78 is 1.09. The fourth-order valence-corrected chi connectivity index (χ4v) is 4.45. The Bertz CT molecular complexity index is 1030. The summed E-state index contributed by atoms with van der Waals surface area (Å²) in [6.45, 7) is 0. The van der Waals surface area contributed by atoms with Gasteiger partial charge in [-0.1, -0.05) is 59.9 Å². The average Bonchev–Trinajstić information content (AvgIpc) is 3.05. The zero-order valence-electron chi connectivity index (χ0n) is 13.4. The fraction of sp³-hybridized carbons (Fsp3) is 0.100. The molecule has 4 rings (SSSR count). The van der Waals surface area contributed by atoms with Crippen LogP contribution in [-0.4, -0.2) is 16.6 Å². The van der Waals surface area contributed by atoms with Crippen molar-refractivity contribution in [3.05, 3.63) is 66.7 Å². The highest BCUT2D eigenvalue weighted by Crippen LogP contribution is 2.31. The Morgan fingerprint density at radius 1 is 1.00 bits per heavy atom. The van der Waals surface area contributed by atoms with Crippen LogP contribution in [0.4, 0.5) is 5.13 Å². The van der Waals surface area contributed by atoms with Crippen molar-refractivity contribution in [2.24, 2.45) is 0 Å². The maximum atomic E-state index is 12.2. The minimum absolute atomic E-state index is 0.00629. The standard InChI is InChI=1S/C20H16N2OS2/c23-18(12-13-24-15-7-2-1-3-8-15)21-20-22-19-16-9-5-4-6-14(16)10-11-17(19)25-20/h1-11H,12-13H2,(H,21,22,23). The van der Waals surface area contributed by atoms with E-state index in [0.29, 0.717) is 11.6 Å². The molecule has 0 aliphatic rings. The first-order chi connectivity index (χ1) is 12.3. The normalized spacial score (nSPS) is 11.0. The SMILES string of the molecule is O=C(CCSc1ccccc1)Nc1nc2c(ccc3ccccc32)s1. The number of benzene rings is 3. The van der Waals surface area contributed by atoms with Crippen LogP contribution in [0.2, 0.25) is 0 Å². The Morgan fingerprint density at radius 2 is 1.80 bits per heavy atom. The van der Waals surface area contributed by atoms with Crippen LogP contribution in [0.5, 0.6) is 0 Å². The van der Waals surface area contributed by atoms with E-state index in [1.807, 2.05) is 30.3 Å². The molecular weight excluding hydrogens is 348 g/mol. The number of anilines is 1. The number of rotatable bonds is 5. The van der Waals surface area contributed by atoms with E-state index >= 15 is 0 Å². The second-order valence-corrected chi connectivity index (χ2v) is 7.81. The van der Waals surface area contributed by atoms with Gasteiger partial charge in [-0.3, -0.25) is 4.79 Å². The van der Waals surface area contributed by atoms with Gasteiger partial charge in [0.05, 0.1) is 10.2 Å². The summed E-state index contributed by atoms with van der Waals surface area (Å²) in [7, 11) is 0. The van der Waals surface area contributed by atoms with Gasteiger partial charge in [0.2, 0.25) is 5.91 Å². The highest BCUT2D eigenvalue weighted by atomic mass is 32.2. The first-order valence-electron chi connectivity index (χ1n) is 8.05. The van der Waals surface area contributed by atoms with Gasteiger partial charge in [0.1, 0.15) is 0 Å². The van der Waals surface area contributed by atoms with E-state index < -0.39 is 0 Å². The van der Waals surface area contributed by atoms with E-state index in [2.05, 4.69) is 46.7 Å². The zero-order chi connectivity index (χ0) is 17.1. The van der Waals surface area contributed by atoms with Crippen LogP contribution in [0.15, 0.2) is 71.6 Å². The minimum atomic E-state index is 0.00629. The van der Waals surface area contributed by atoms with Gasteiger partial charge in [0, 0.05) is 22.5 Å². The molecule has 1 heterocycles. The number of thiazole rings is 1. The number of nitrogens with zero attached hydrogens (tertiary/aromatic N) is 1. The van der Waals surface area contributed by atoms with Crippen LogP contribution in [0.25, 0.3) is 21.0 Å². The Balaban J connectivity index is 1.43. The lowest BCUT2D eigenvalue weighted by Crippen LogP contribution is -2.11. The first kappa shape index (κ1) is 16.1. The Hall–Kier alpha value is -2.37. The van der Waals surface area contributed by atoms with Crippen LogP contribution in [0.3, 0.4) is 0 Å². The average molecular weight is 364 g/mol. The number of fused-ring (bicyclic) bond motifs is 3. The molecule has 0 bridgehead atoms. The molecule has 5 heteroatoms. The number of aromatic nitrogens is 1. The molecule has 1 amide bonds. The summed E-state index contributed by atoms with van der Waals surface area (Å²) in [6.07, 6.45) is 0.468. The van der Waals surface area contributed by atoms with Crippen LogP contribution in [0, 0.1) is 0 Å². The largest absolute Gasteiger partial charge is 0.302 e. The van der Waals surface area contributed by atoms with Gasteiger partial charge in [0.15, 0.2) is 5.13 Å². The van der Waals surface area contributed by atoms with Crippen molar-refractivity contribution in [2.45, 2.75) is 11.3 Å². The number of carbonyl (C=O) groups is 1. The topological polar surface area (TPSA) is 42.0 Å². The van der Waals surface area contributed by atoms with Crippen LogP contribution >= 0.6 is 23.1 Å². The zero-order valence-corrected chi connectivity index (χ0v) is 15.1. The molecule has 0 atom stereocenters. The molecule has 1 N–H and O–H groups in total. The molecule has 0 aliphatic carbocycles. The monoisotopic (exact) mass is 364 g/mol. The molecule has 4 aromatic rings. The Kier molecular flexibility index (Phi) is 4.68. The van der Waals surface area contributed by atoms with Gasteiger partial charge in [-0.15, -0.1) is 11.8 Å². The molecule has 124 valence electrons. The van der Waals surface area contributed by atoms with Crippen molar-refractivity contribution >= 4 is 55.1 Å². The molecule has 0 saturated heterocycles. The van der Waals surface area contributed by atoms with Gasteiger partial charge in [-0.25, -0.2) is 4.98 Å². The number of amides is 1. The second kappa shape index (κ2) is 7.25. The lowest BCUT2D eigenvalue weighted by Gasteiger charge is -2.02. The highest BCUT2D eigenvalue weighted by molar-refractivity contribution is 7.99. The third-order valence-corrected chi connectivity index (χ3v) is 5.82. The van der Waals surface area contributed by atoms with E-state index in [-0.39, 0.29) is 5.91 Å². The minimum Gasteiger partial charge on any atom is -0.302 e. The van der Waals surface area contributed by atoms with Crippen LogP contribution < -0.4 is 5.32 Å². The third-order valence-electron chi connectivity index (χ3n) is 3.87. The van der Waals surface area contributed by atoms with Crippen molar-refractivity contribution in [1.82, 2.24) is 4.98 Å². The Morgan fingerprint density at radius 3 is 2.68 bits per heavy atom.